The van der Waals surface area contributed by atoms with Gasteiger partial charge >= 0.3 is 6.36 Å². The molecular formula is C19H17F3N2O4. The molecule has 6 nitrogen and oxygen atoms in total. The van der Waals surface area contributed by atoms with E-state index in [9.17, 15) is 22.8 Å². The molecule has 2 aromatic carbocycles. The van der Waals surface area contributed by atoms with Crippen LogP contribution in [0.15, 0.2) is 48.5 Å². The van der Waals surface area contributed by atoms with E-state index in [-0.39, 0.29) is 43.3 Å². The van der Waals surface area contributed by atoms with E-state index in [1.54, 1.807) is 30.3 Å². The fourth-order valence-electron chi connectivity index (χ4n) is 2.77. The molecule has 0 unspecified atom stereocenters. The Kier molecular flexibility index (Phi) is 5.72. The van der Waals surface area contributed by atoms with Crippen molar-refractivity contribution in [3.8, 4) is 11.5 Å². The molecule has 0 radical (unpaired) electrons. The molecule has 148 valence electrons. The van der Waals surface area contributed by atoms with Crippen LogP contribution in [-0.4, -0.2) is 31.3 Å². The maximum Gasteiger partial charge on any atom is 0.573 e. The smallest absolute Gasteiger partial charge is 0.482 e. The molecule has 3 rings (SSSR count). The van der Waals surface area contributed by atoms with Gasteiger partial charge in [0.15, 0.2) is 6.61 Å². The molecule has 2 amide bonds. The quantitative estimate of drug-likeness (QED) is 0.818. The van der Waals surface area contributed by atoms with Crippen molar-refractivity contribution in [1.82, 2.24) is 5.32 Å². The molecule has 28 heavy (non-hydrogen) atoms. The van der Waals surface area contributed by atoms with Crippen LogP contribution in [0.3, 0.4) is 0 Å². The van der Waals surface area contributed by atoms with Gasteiger partial charge in [0.25, 0.3) is 5.91 Å². The van der Waals surface area contributed by atoms with Crippen molar-refractivity contribution >= 4 is 17.5 Å². The third kappa shape index (κ3) is 4.93. The monoisotopic (exact) mass is 394 g/mol. The average Bonchev–Trinajstić information content (AvgIpc) is 2.65. The third-order valence-corrected chi connectivity index (χ3v) is 4.05. The molecule has 1 aliphatic heterocycles. The first-order chi connectivity index (χ1) is 13.3. The normalized spacial score (nSPS) is 13.5. The summed E-state index contributed by atoms with van der Waals surface area (Å²) in [7, 11) is 0. The second-order valence-electron chi connectivity index (χ2n) is 5.98. The van der Waals surface area contributed by atoms with Gasteiger partial charge < -0.3 is 19.7 Å². The Labute approximate surface area is 158 Å². The minimum atomic E-state index is -4.82. The van der Waals surface area contributed by atoms with Crippen molar-refractivity contribution < 1.29 is 32.2 Å². The zero-order valence-electron chi connectivity index (χ0n) is 14.7. The van der Waals surface area contributed by atoms with Crippen LogP contribution in [0.2, 0.25) is 0 Å². The number of rotatable bonds is 6. The van der Waals surface area contributed by atoms with E-state index >= 15 is 0 Å². The summed E-state index contributed by atoms with van der Waals surface area (Å²) in [5.74, 6) is -0.484. The summed E-state index contributed by atoms with van der Waals surface area (Å²) < 4.78 is 46.6. The van der Waals surface area contributed by atoms with Crippen LogP contribution in [0, 0.1) is 0 Å². The van der Waals surface area contributed by atoms with Gasteiger partial charge in [0, 0.05) is 25.1 Å². The number of hydrogen-bond donors (Lipinski definition) is 1. The molecule has 0 saturated carbocycles. The number of nitrogens with one attached hydrogen (secondary N) is 1. The van der Waals surface area contributed by atoms with Crippen molar-refractivity contribution in [1.29, 1.82) is 0 Å². The highest BCUT2D eigenvalue weighted by Crippen LogP contribution is 2.31. The first-order valence-electron chi connectivity index (χ1n) is 8.46. The highest BCUT2D eigenvalue weighted by molar-refractivity contribution is 5.98. The van der Waals surface area contributed by atoms with Gasteiger partial charge in [-0.05, 0) is 18.2 Å². The number of nitrogens with zero attached hydrogens (tertiary/aromatic N) is 1. The van der Waals surface area contributed by atoms with Crippen molar-refractivity contribution in [3.63, 3.8) is 0 Å². The summed E-state index contributed by atoms with van der Waals surface area (Å²) in [6, 6.07) is 12.6. The number of fused-ring (bicyclic) bond motifs is 1. The van der Waals surface area contributed by atoms with E-state index in [0.29, 0.717) is 11.4 Å². The maximum atomic E-state index is 12.4. The number of hydrogen-bond acceptors (Lipinski definition) is 4. The van der Waals surface area contributed by atoms with E-state index in [2.05, 4.69) is 10.1 Å². The standard InChI is InChI=1S/C19H17F3N2O4/c20-19(21,22)28-15-7-3-1-5-13(15)11-23-17(25)9-10-24-14-6-2-4-8-16(14)27-12-18(24)26/h1-8H,9-12H2,(H,23,25). The zero-order valence-corrected chi connectivity index (χ0v) is 14.7. The van der Waals surface area contributed by atoms with Gasteiger partial charge in [-0.1, -0.05) is 30.3 Å². The predicted octanol–water partition coefficient (Wildman–Crippen LogP) is 3.02. The van der Waals surface area contributed by atoms with E-state index in [1.807, 2.05) is 0 Å². The highest BCUT2D eigenvalue weighted by Gasteiger charge is 2.32. The third-order valence-electron chi connectivity index (χ3n) is 4.05. The minimum Gasteiger partial charge on any atom is -0.482 e. The van der Waals surface area contributed by atoms with Crippen molar-refractivity contribution in [2.45, 2.75) is 19.3 Å². The molecule has 0 spiro atoms. The Hall–Kier alpha value is -3.23. The summed E-state index contributed by atoms with van der Waals surface area (Å²) in [6.07, 6.45) is -4.83. The summed E-state index contributed by atoms with van der Waals surface area (Å²) in [6.45, 7) is -0.106. The average molecular weight is 394 g/mol. The van der Waals surface area contributed by atoms with E-state index in [0.717, 1.165) is 0 Å². The number of amides is 2. The van der Waals surface area contributed by atoms with E-state index in [4.69, 9.17) is 4.74 Å². The Morgan fingerprint density at radius 1 is 1.14 bits per heavy atom. The van der Waals surface area contributed by atoms with Gasteiger partial charge in [-0.3, -0.25) is 9.59 Å². The minimum absolute atomic E-state index is 0.0115. The lowest BCUT2D eigenvalue weighted by atomic mass is 10.2. The van der Waals surface area contributed by atoms with Crippen LogP contribution in [0.1, 0.15) is 12.0 Å². The van der Waals surface area contributed by atoms with Gasteiger partial charge in [-0.15, -0.1) is 13.2 Å². The lowest BCUT2D eigenvalue weighted by Gasteiger charge is -2.29. The van der Waals surface area contributed by atoms with Crippen molar-refractivity contribution in [3.05, 3.63) is 54.1 Å². The Morgan fingerprint density at radius 3 is 2.64 bits per heavy atom. The number of carbonyl (C=O) groups excluding carboxylic acids is 2. The topological polar surface area (TPSA) is 67.9 Å². The van der Waals surface area contributed by atoms with Crippen molar-refractivity contribution in [2.75, 3.05) is 18.1 Å². The molecule has 9 heteroatoms. The molecule has 0 fully saturated rings. The van der Waals surface area contributed by atoms with Crippen LogP contribution in [0.4, 0.5) is 18.9 Å². The Morgan fingerprint density at radius 2 is 1.86 bits per heavy atom. The highest BCUT2D eigenvalue weighted by atomic mass is 19.4. The lowest BCUT2D eigenvalue weighted by Crippen LogP contribution is -2.41. The molecule has 0 atom stereocenters. The van der Waals surface area contributed by atoms with Gasteiger partial charge in [-0.2, -0.15) is 0 Å². The van der Waals surface area contributed by atoms with Gasteiger partial charge in [0.1, 0.15) is 11.5 Å². The number of benzene rings is 2. The number of alkyl halides is 3. The summed E-state index contributed by atoms with van der Waals surface area (Å²) in [5, 5.41) is 2.55. The van der Waals surface area contributed by atoms with E-state index in [1.165, 1.54) is 23.1 Å². The summed E-state index contributed by atoms with van der Waals surface area (Å²) in [4.78, 5) is 25.7. The van der Waals surface area contributed by atoms with Crippen LogP contribution >= 0.6 is 0 Å². The van der Waals surface area contributed by atoms with Gasteiger partial charge in [-0.25, -0.2) is 0 Å². The van der Waals surface area contributed by atoms with Crippen molar-refractivity contribution in [2.24, 2.45) is 0 Å². The van der Waals surface area contributed by atoms with Crippen LogP contribution in [0.25, 0.3) is 0 Å². The number of carbonyl (C=O) groups is 2. The van der Waals surface area contributed by atoms with Gasteiger partial charge in [0.2, 0.25) is 5.91 Å². The second kappa shape index (κ2) is 8.20. The van der Waals surface area contributed by atoms with Crippen LogP contribution in [-0.2, 0) is 16.1 Å². The Balaban J connectivity index is 1.57. The molecule has 0 bridgehead atoms. The molecule has 0 aromatic heterocycles. The first kappa shape index (κ1) is 19.5. The van der Waals surface area contributed by atoms with Gasteiger partial charge in [0.05, 0.1) is 5.69 Å². The number of ether oxygens (including phenoxy) is 2. The fourth-order valence-corrected chi connectivity index (χ4v) is 2.77. The predicted molar refractivity (Wildman–Crippen MR) is 93.9 cm³/mol. The lowest BCUT2D eigenvalue weighted by molar-refractivity contribution is -0.274. The van der Waals surface area contributed by atoms with Crippen LogP contribution < -0.4 is 19.7 Å². The number of halogens is 3. The molecule has 1 N–H and O–H groups in total. The first-order valence-corrected chi connectivity index (χ1v) is 8.46. The second-order valence-corrected chi connectivity index (χ2v) is 5.98. The Bertz CT molecular complexity index is 870. The molecule has 0 saturated heterocycles. The zero-order chi connectivity index (χ0) is 20.1. The fraction of sp³-hybridized carbons (Fsp3) is 0.263. The number of anilines is 1. The van der Waals surface area contributed by atoms with E-state index < -0.39 is 12.3 Å². The maximum absolute atomic E-state index is 12.4. The largest absolute Gasteiger partial charge is 0.573 e. The SMILES string of the molecule is O=C(CCN1C(=O)COc2ccccc21)NCc1ccccc1OC(F)(F)F. The molecule has 1 aliphatic rings. The summed E-state index contributed by atoms with van der Waals surface area (Å²) >= 11 is 0. The molecular weight excluding hydrogens is 377 g/mol. The molecule has 2 aromatic rings. The molecule has 1 heterocycles. The number of para-hydroxylation sites is 3. The molecule has 0 aliphatic carbocycles. The summed E-state index contributed by atoms with van der Waals surface area (Å²) in [5.41, 5.74) is 0.774. The van der Waals surface area contributed by atoms with Crippen LogP contribution in [0.5, 0.6) is 11.5 Å².